The molecule has 0 saturated carbocycles. The van der Waals surface area contributed by atoms with E-state index in [0.717, 1.165) is 31.4 Å². The van der Waals surface area contributed by atoms with Crippen molar-refractivity contribution >= 4 is 17.7 Å². The lowest BCUT2D eigenvalue weighted by molar-refractivity contribution is -0.120. The summed E-state index contributed by atoms with van der Waals surface area (Å²) in [6.45, 7) is 6.83. The van der Waals surface area contributed by atoms with Crippen molar-refractivity contribution in [1.29, 1.82) is 0 Å². The zero-order valence-corrected chi connectivity index (χ0v) is 14.8. The van der Waals surface area contributed by atoms with Crippen LogP contribution in [0.1, 0.15) is 52.1 Å². The van der Waals surface area contributed by atoms with Gasteiger partial charge < -0.3 is 5.32 Å². The summed E-state index contributed by atoms with van der Waals surface area (Å²) in [5.41, 5.74) is 0.697. The smallest absolute Gasteiger partial charge is 0.254 e. The Kier molecular flexibility index (Phi) is 8.24. The molecule has 0 fully saturated rings. The third kappa shape index (κ3) is 5.48. The van der Waals surface area contributed by atoms with Gasteiger partial charge in [0.25, 0.3) is 5.56 Å². The number of aryl methyl sites for hydroxylation is 1. The minimum atomic E-state index is -0.202. The van der Waals surface area contributed by atoms with Crippen molar-refractivity contribution in [3.63, 3.8) is 0 Å². The SMILES string of the molecule is CCCCNC(=O)C(CCC)Sc1nc(CC)cc(=O)n1C. The molecule has 0 saturated heterocycles. The Labute approximate surface area is 136 Å². The number of nitrogens with zero attached hydrogens (tertiary/aromatic N) is 2. The molecule has 124 valence electrons. The summed E-state index contributed by atoms with van der Waals surface area (Å²) in [5.74, 6) is 0.0384. The van der Waals surface area contributed by atoms with Gasteiger partial charge in [-0.25, -0.2) is 4.98 Å². The van der Waals surface area contributed by atoms with Gasteiger partial charge in [0, 0.05) is 25.4 Å². The first-order chi connectivity index (χ1) is 10.5. The number of amides is 1. The Balaban J connectivity index is 2.88. The van der Waals surface area contributed by atoms with Crippen LogP contribution < -0.4 is 10.9 Å². The van der Waals surface area contributed by atoms with Crippen LogP contribution in [0.15, 0.2) is 16.0 Å². The normalized spacial score (nSPS) is 12.2. The van der Waals surface area contributed by atoms with E-state index in [-0.39, 0.29) is 16.7 Å². The van der Waals surface area contributed by atoms with Crippen molar-refractivity contribution in [2.24, 2.45) is 7.05 Å². The lowest BCUT2D eigenvalue weighted by Gasteiger charge is -2.17. The molecule has 1 amide bonds. The minimum Gasteiger partial charge on any atom is -0.355 e. The molecular formula is C16H27N3O2S. The Hall–Kier alpha value is -1.30. The van der Waals surface area contributed by atoms with E-state index in [1.54, 1.807) is 13.1 Å². The summed E-state index contributed by atoms with van der Waals surface area (Å²) in [6.07, 6.45) is 4.44. The second kappa shape index (κ2) is 9.66. The first kappa shape index (κ1) is 18.7. The van der Waals surface area contributed by atoms with Gasteiger partial charge in [0.1, 0.15) is 0 Å². The number of carbonyl (C=O) groups is 1. The molecule has 0 aliphatic rings. The maximum Gasteiger partial charge on any atom is 0.254 e. The summed E-state index contributed by atoms with van der Waals surface area (Å²) in [5, 5.41) is 3.39. The highest BCUT2D eigenvalue weighted by Gasteiger charge is 2.21. The molecule has 0 radical (unpaired) electrons. The average molecular weight is 325 g/mol. The van der Waals surface area contributed by atoms with Gasteiger partial charge >= 0.3 is 0 Å². The minimum absolute atomic E-state index is 0.0384. The van der Waals surface area contributed by atoms with Crippen LogP contribution in [0.3, 0.4) is 0 Å². The standard InChI is InChI=1S/C16H27N3O2S/c1-5-8-10-17-15(21)13(9-6-2)22-16-18-12(7-3)11-14(20)19(16)4/h11,13H,5-10H2,1-4H3,(H,17,21). The van der Waals surface area contributed by atoms with Crippen LogP contribution in [0.25, 0.3) is 0 Å². The molecule has 1 N–H and O–H groups in total. The predicted octanol–water partition coefficient (Wildman–Crippen LogP) is 2.52. The Morgan fingerprint density at radius 2 is 2.09 bits per heavy atom. The first-order valence-corrected chi connectivity index (χ1v) is 8.92. The fourth-order valence-corrected chi connectivity index (χ4v) is 3.20. The fourth-order valence-electron chi connectivity index (χ4n) is 1.99. The van der Waals surface area contributed by atoms with Crippen LogP contribution in [0.2, 0.25) is 0 Å². The first-order valence-electron chi connectivity index (χ1n) is 8.04. The fraction of sp³-hybridized carbons (Fsp3) is 0.688. The van der Waals surface area contributed by atoms with Gasteiger partial charge in [-0.15, -0.1) is 0 Å². The highest BCUT2D eigenvalue weighted by molar-refractivity contribution is 8.00. The number of nitrogens with one attached hydrogen (secondary N) is 1. The Bertz CT molecular complexity index is 543. The Morgan fingerprint density at radius 1 is 1.36 bits per heavy atom. The number of unbranched alkanes of at least 4 members (excludes halogenated alkanes) is 1. The van der Waals surface area contributed by atoms with Gasteiger partial charge in [-0.3, -0.25) is 14.2 Å². The Morgan fingerprint density at radius 3 is 2.68 bits per heavy atom. The maximum atomic E-state index is 12.3. The number of carbonyl (C=O) groups excluding carboxylic acids is 1. The van der Waals surface area contributed by atoms with E-state index in [4.69, 9.17) is 0 Å². The lowest BCUT2D eigenvalue weighted by Crippen LogP contribution is -2.34. The van der Waals surface area contributed by atoms with Crippen molar-refractivity contribution in [2.75, 3.05) is 6.54 Å². The molecule has 1 atom stereocenters. The molecule has 1 aromatic rings. The van der Waals surface area contributed by atoms with Gasteiger partial charge in [-0.05, 0) is 19.3 Å². The van der Waals surface area contributed by atoms with Gasteiger partial charge in [0.2, 0.25) is 5.91 Å². The number of thioether (sulfide) groups is 1. The van der Waals surface area contributed by atoms with Crippen LogP contribution in [0, 0.1) is 0 Å². The summed E-state index contributed by atoms with van der Waals surface area (Å²) in [6, 6.07) is 1.56. The molecule has 1 unspecified atom stereocenters. The summed E-state index contributed by atoms with van der Waals surface area (Å²) in [4.78, 5) is 28.8. The van der Waals surface area contributed by atoms with Crippen LogP contribution in [0.5, 0.6) is 0 Å². The summed E-state index contributed by atoms with van der Waals surface area (Å²) < 4.78 is 1.52. The summed E-state index contributed by atoms with van der Waals surface area (Å²) in [7, 11) is 1.70. The molecule has 0 bridgehead atoms. The van der Waals surface area contributed by atoms with E-state index >= 15 is 0 Å². The second-order valence-corrected chi connectivity index (χ2v) is 6.49. The summed E-state index contributed by atoms with van der Waals surface area (Å²) >= 11 is 1.39. The third-order valence-electron chi connectivity index (χ3n) is 3.43. The van der Waals surface area contributed by atoms with E-state index in [0.29, 0.717) is 18.1 Å². The number of hydrogen-bond donors (Lipinski definition) is 1. The molecule has 0 aliphatic carbocycles. The van der Waals surface area contributed by atoms with Crippen molar-refractivity contribution in [2.45, 2.75) is 63.3 Å². The molecule has 0 aromatic carbocycles. The van der Waals surface area contributed by atoms with Gasteiger partial charge in [0.05, 0.1) is 5.25 Å². The third-order valence-corrected chi connectivity index (χ3v) is 4.74. The number of hydrogen-bond acceptors (Lipinski definition) is 4. The van der Waals surface area contributed by atoms with Crippen LogP contribution >= 0.6 is 11.8 Å². The molecule has 1 rings (SSSR count). The maximum absolute atomic E-state index is 12.3. The van der Waals surface area contributed by atoms with Crippen molar-refractivity contribution in [3.8, 4) is 0 Å². The van der Waals surface area contributed by atoms with E-state index in [9.17, 15) is 9.59 Å². The van der Waals surface area contributed by atoms with Crippen molar-refractivity contribution < 1.29 is 4.79 Å². The zero-order chi connectivity index (χ0) is 16.5. The number of rotatable bonds is 9. The van der Waals surface area contributed by atoms with Gasteiger partial charge in [0.15, 0.2) is 5.16 Å². The molecule has 0 aliphatic heterocycles. The quantitative estimate of drug-likeness (QED) is 0.430. The molecule has 6 heteroatoms. The topological polar surface area (TPSA) is 64.0 Å². The van der Waals surface area contributed by atoms with E-state index in [1.165, 1.54) is 16.3 Å². The molecule has 1 heterocycles. The largest absolute Gasteiger partial charge is 0.355 e. The average Bonchev–Trinajstić information content (AvgIpc) is 2.50. The lowest BCUT2D eigenvalue weighted by atomic mass is 10.2. The molecule has 5 nitrogen and oxygen atoms in total. The van der Waals surface area contributed by atoms with E-state index in [2.05, 4.69) is 24.1 Å². The second-order valence-electron chi connectivity index (χ2n) is 5.32. The van der Waals surface area contributed by atoms with Gasteiger partial charge in [-0.2, -0.15) is 0 Å². The molecule has 1 aromatic heterocycles. The molecule has 22 heavy (non-hydrogen) atoms. The predicted molar refractivity (Wildman–Crippen MR) is 91.3 cm³/mol. The monoisotopic (exact) mass is 325 g/mol. The van der Waals surface area contributed by atoms with E-state index in [1.807, 2.05) is 6.92 Å². The molecule has 0 spiro atoms. The zero-order valence-electron chi connectivity index (χ0n) is 14.0. The highest BCUT2D eigenvalue weighted by Crippen LogP contribution is 2.24. The number of aromatic nitrogens is 2. The van der Waals surface area contributed by atoms with Crippen LogP contribution in [0.4, 0.5) is 0 Å². The van der Waals surface area contributed by atoms with Crippen molar-refractivity contribution in [1.82, 2.24) is 14.9 Å². The van der Waals surface area contributed by atoms with Crippen molar-refractivity contribution in [3.05, 3.63) is 22.1 Å². The van der Waals surface area contributed by atoms with Crippen LogP contribution in [-0.4, -0.2) is 27.3 Å². The highest BCUT2D eigenvalue weighted by atomic mass is 32.2. The van der Waals surface area contributed by atoms with E-state index < -0.39 is 0 Å². The molecular weight excluding hydrogens is 298 g/mol. The van der Waals surface area contributed by atoms with Crippen LogP contribution in [-0.2, 0) is 18.3 Å². The van der Waals surface area contributed by atoms with Gasteiger partial charge in [-0.1, -0.05) is 45.4 Å².